The average molecular weight is 501 g/mol. The van der Waals surface area contributed by atoms with Crippen LogP contribution in [0.2, 0.25) is 0 Å². The Hall–Kier alpha value is -4.17. The predicted molar refractivity (Wildman–Crippen MR) is 143 cm³/mol. The Balaban J connectivity index is 1.79. The fraction of sp³-hybridized carbons (Fsp3) is 0.143. The quantitative estimate of drug-likeness (QED) is 0.325. The largest absolute Gasteiger partial charge is 0.505 e. The summed E-state index contributed by atoms with van der Waals surface area (Å²) in [7, 11) is 5.42. The van der Waals surface area contributed by atoms with Gasteiger partial charge in [-0.2, -0.15) is 0 Å². The van der Waals surface area contributed by atoms with Crippen molar-refractivity contribution in [3.63, 3.8) is 0 Å². The maximum atomic E-state index is 13.9. The highest BCUT2D eigenvalue weighted by Crippen LogP contribution is 2.37. The maximum Gasteiger partial charge on any atom is 0.354 e. The van der Waals surface area contributed by atoms with E-state index in [9.17, 15) is 14.7 Å². The van der Waals surface area contributed by atoms with E-state index in [1.165, 1.54) is 0 Å². The van der Waals surface area contributed by atoms with Gasteiger partial charge in [0.1, 0.15) is 16.0 Å². The van der Waals surface area contributed by atoms with Gasteiger partial charge in [-0.25, -0.2) is 4.79 Å². The van der Waals surface area contributed by atoms with Crippen LogP contribution in [0.4, 0.5) is 5.69 Å². The molecule has 0 atom stereocenters. The van der Waals surface area contributed by atoms with Crippen molar-refractivity contribution < 1.29 is 14.3 Å². The van der Waals surface area contributed by atoms with Crippen LogP contribution < -0.4 is 20.8 Å². The zero-order chi connectivity index (χ0) is 25.4. The summed E-state index contributed by atoms with van der Waals surface area (Å²) in [5.41, 5.74) is 1.29. The summed E-state index contributed by atoms with van der Waals surface area (Å²) in [5.74, 6) is 0.341. The van der Waals surface area contributed by atoms with Gasteiger partial charge in [0.2, 0.25) is 0 Å². The molecule has 0 bridgehead atoms. The number of pyridine rings is 1. The standard InChI is InChI=1S/C28H24N2O5S/c1-29(2)18-11-14-21-22(15-18)30(16-17-9-12-19(34-3)13-10-17)27(32)23-24(31)26(28(33)35-25(21)23)36-20-7-5-4-6-8-20/h4-15,31H,16H2,1-3H3. The van der Waals surface area contributed by atoms with Crippen molar-refractivity contribution in [3.8, 4) is 11.5 Å². The van der Waals surface area contributed by atoms with Crippen molar-refractivity contribution in [2.24, 2.45) is 0 Å². The van der Waals surface area contributed by atoms with E-state index < -0.39 is 11.2 Å². The number of rotatable bonds is 6. The molecule has 0 saturated heterocycles. The first kappa shape index (κ1) is 23.6. The van der Waals surface area contributed by atoms with Gasteiger partial charge in [0.15, 0.2) is 11.3 Å². The topological polar surface area (TPSA) is 84.9 Å². The van der Waals surface area contributed by atoms with Crippen LogP contribution in [0, 0.1) is 0 Å². The van der Waals surface area contributed by atoms with Gasteiger partial charge in [0, 0.05) is 30.1 Å². The lowest BCUT2D eigenvalue weighted by Crippen LogP contribution is -2.23. The van der Waals surface area contributed by atoms with E-state index in [1.54, 1.807) is 11.7 Å². The van der Waals surface area contributed by atoms with Crippen molar-refractivity contribution in [1.29, 1.82) is 0 Å². The molecule has 7 nitrogen and oxygen atoms in total. The van der Waals surface area contributed by atoms with Gasteiger partial charge in [0.05, 0.1) is 19.2 Å². The second-order valence-corrected chi connectivity index (χ2v) is 9.61. The second kappa shape index (κ2) is 9.47. The fourth-order valence-corrected chi connectivity index (χ4v) is 4.97. The van der Waals surface area contributed by atoms with Crippen LogP contribution in [0.1, 0.15) is 5.56 Å². The molecule has 0 radical (unpaired) electrons. The van der Waals surface area contributed by atoms with Crippen LogP contribution in [0.25, 0.3) is 21.9 Å². The van der Waals surface area contributed by atoms with Gasteiger partial charge in [-0.15, -0.1) is 0 Å². The predicted octanol–water partition coefficient (Wildman–Crippen LogP) is 5.09. The molecule has 0 aliphatic heterocycles. The number of hydrogen-bond acceptors (Lipinski definition) is 7. The van der Waals surface area contributed by atoms with E-state index >= 15 is 0 Å². The number of hydrogen-bond donors (Lipinski definition) is 1. The van der Waals surface area contributed by atoms with Gasteiger partial charge < -0.3 is 23.7 Å². The minimum absolute atomic E-state index is 0.0216. The summed E-state index contributed by atoms with van der Waals surface area (Å²) in [6, 6.07) is 22.2. The first-order valence-electron chi connectivity index (χ1n) is 11.3. The number of benzene rings is 3. The first-order valence-corrected chi connectivity index (χ1v) is 12.1. The van der Waals surface area contributed by atoms with E-state index in [4.69, 9.17) is 9.15 Å². The third kappa shape index (κ3) is 4.20. The summed E-state index contributed by atoms with van der Waals surface area (Å²) in [5, 5.41) is 11.8. The Labute approximate surface area is 211 Å². The third-order valence-electron chi connectivity index (χ3n) is 6.01. The van der Waals surface area contributed by atoms with Crippen molar-refractivity contribution in [1.82, 2.24) is 4.57 Å². The van der Waals surface area contributed by atoms with Crippen LogP contribution in [0.3, 0.4) is 0 Å². The molecular weight excluding hydrogens is 476 g/mol. The lowest BCUT2D eigenvalue weighted by atomic mass is 10.1. The molecule has 0 fully saturated rings. The van der Waals surface area contributed by atoms with Crippen LogP contribution in [0.15, 0.2) is 96.6 Å². The zero-order valence-corrected chi connectivity index (χ0v) is 20.8. The molecule has 0 saturated carbocycles. The first-order chi connectivity index (χ1) is 17.4. The van der Waals surface area contributed by atoms with E-state index in [0.717, 1.165) is 27.9 Å². The number of nitrogens with zero attached hydrogens (tertiary/aromatic N) is 2. The number of ether oxygens (including phenoxy) is 1. The molecule has 3 aromatic carbocycles. The molecule has 182 valence electrons. The van der Waals surface area contributed by atoms with Gasteiger partial charge >= 0.3 is 5.63 Å². The van der Waals surface area contributed by atoms with E-state index in [-0.39, 0.29) is 28.2 Å². The highest BCUT2D eigenvalue weighted by Gasteiger charge is 2.23. The molecule has 1 N–H and O–H groups in total. The summed E-state index contributed by atoms with van der Waals surface area (Å²) in [6.07, 6.45) is 0. The summed E-state index contributed by atoms with van der Waals surface area (Å²) in [4.78, 5) is 29.5. The van der Waals surface area contributed by atoms with Gasteiger partial charge in [-0.1, -0.05) is 42.1 Å². The van der Waals surface area contributed by atoms with E-state index in [0.29, 0.717) is 16.7 Å². The smallest absolute Gasteiger partial charge is 0.354 e. The van der Waals surface area contributed by atoms with Gasteiger partial charge in [0.25, 0.3) is 5.56 Å². The Kier molecular flexibility index (Phi) is 6.20. The number of anilines is 1. The minimum Gasteiger partial charge on any atom is -0.505 e. The van der Waals surface area contributed by atoms with Gasteiger partial charge in [-0.3, -0.25) is 4.79 Å². The maximum absolute atomic E-state index is 13.9. The van der Waals surface area contributed by atoms with E-state index in [1.807, 2.05) is 91.8 Å². The Bertz CT molecular complexity index is 1690. The summed E-state index contributed by atoms with van der Waals surface area (Å²) in [6.45, 7) is 0.256. The second-order valence-electron chi connectivity index (χ2n) is 8.52. The minimum atomic E-state index is -0.695. The van der Waals surface area contributed by atoms with Gasteiger partial charge in [-0.05, 0) is 48.0 Å². The molecule has 0 amide bonds. The van der Waals surface area contributed by atoms with Crippen LogP contribution in [-0.2, 0) is 6.54 Å². The number of aromatic nitrogens is 1. The lowest BCUT2D eigenvalue weighted by molar-refractivity contribution is 0.414. The van der Waals surface area contributed by atoms with Crippen LogP contribution in [-0.4, -0.2) is 30.9 Å². The molecule has 0 aliphatic rings. The molecule has 36 heavy (non-hydrogen) atoms. The SMILES string of the molecule is COc1ccc(Cn2c(=O)c3c(O)c(Sc4ccccc4)c(=O)oc3c3ccc(N(C)C)cc32)cc1. The average Bonchev–Trinajstić information content (AvgIpc) is 2.89. The molecular formula is C28H24N2O5S. The number of aromatic hydroxyl groups is 1. The fourth-order valence-electron chi connectivity index (χ4n) is 4.12. The summed E-state index contributed by atoms with van der Waals surface area (Å²) < 4.78 is 12.5. The molecule has 0 aliphatic carbocycles. The highest BCUT2D eigenvalue weighted by molar-refractivity contribution is 7.99. The molecule has 5 aromatic rings. The van der Waals surface area contributed by atoms with Crippen LogP contribution >= 0.6 is 11.8 Å². The Morgan fingerprint density at radius 2 is 1.72 bits per heavy atom. The monoisotopic (exact) mass is 500 g/mol. The normalized spacial score (nSPS) is 11.2. The zero-order valence-electron chi connectivity index (χ0n) is 20.0. The number of methoxy groups -OCH3 is 1. The molecule has 8 heteroatoms. The Morgan fingerprint density at radius 3 is 2.39 bits per heavy atom. The lowest BCUT2D eigenvalue weighted by Gasteiger charge is -2.18. The van der Waals surface area contributed by atoms with E-state index in [2.05, 4.69) is 0 Å². The molecule has 0 unspecified atom stereocenters. The van der Waals surface area contributed by atoms with Crippen molar-refractivity contribution in [2.75, 3.05) is 26.1 Å². The molecule has 5 rings (SSSR count). The highest BCUT2D eigenvalue weighted by atomic mass is 32.2. The summed E-state index contributed by atoms with van der Waals surface area (Å²) >= 11 is 1.07. The van der Waals surface area contributed by atoms with Crippen molar-refractivity contribution in [3.05, 3.63) is 99.1 Å². The van der Waals surface area contributed by atoms with Crippen molar-refractivity contribution >= 4 is 39.3 Å². The number of fused-ring (bicyclic) bond motifs is 3. The molecule has 2 aromatic heterocycles. The molecule has 2 heterocycles. The third-order valence-corrected chi connectivity index (χ3v) is 7.09. The Morgan fingerprint density at radius 1 is 1.00 bits per heavy atom. The molecule has 0 spiro atoms. The van der Waals surface area contributed by atoms with Crippen molar-refractivity contribution in [2.45, 2.75) is 16.3 Å². The van der Waals surface area contributed by atoms with Crippen LogP contribution in [0.5, 0.6) is 11.5 Å².